The number of ether oxygens (including phenoxy) is 1. The van der Waals surface area contributed by atoms with Crippen LogP contribution in [0.4, 0.5) is 13.2 Å². The third-order valence-corrected chi connectivity index (χ3v) is 3.25. The Balaban J connectivity index is 2.57. The summed E-state index contributed by atoms with van der Waals surface area (Å²) in [6, 6.07) is -0.926. The first-order chi connectivity index (χ1) is 8.36. The molecule has 0 spiro atoms. The molecule has 1 aliphatic heterocycles. The third kappa shape index (κ3) is 4.13. The second-order valence-corrected chi connectivity index (χ2v) is 4.51. The molecule has 106 valence electrons. The molecule has 0 saturated carbocycles. The highest BCUT2D eigenvalue weighted by atomic mass is 19.4. The Morgan fingerprint density at radius 3 is 2.56 bits per heavy atom. The zero-order valence-electron chi connectivity index (χ0n) is 10.4. The van der Waals surface area contributed by atoms with Gasteiger partial charge in [-0.25, -0.2) is 0 Å². The van der Waals surface area contributed by atoms with E-state index in [-0.39, 0.29) is 44.9 Å². The zero-order valence-corrected chi connectivity index (χ0v) is 10.4. The number of rotatable bonds is 3. The summed E-state index contributed by atoms with van der Waals surface area (Å²) in [4.78, 5) is 13.1. The minimum absolute atomic E-state index is 0.112. The molecular weight excluding hydrogens is 249 g/mol. The maximum atomic E-state index is 12.7. The molecule has 0 radical (unpaired) electrons. The number of hydrogen-bond acceptors (Lipinski definition) is 3. The lowest BCUT2D eigenvalue weighted by atomic mass is 9.95. The minimum atomic E-state index is -4.29. The summed E-state index contributed by atoms with van der Waals surface area (Å²) in [5.41, 5.74) is 5.54. The van der Waals surface area contributed by atoms with Crippen LogP contribution in [0.25, 0.3) is 0 Å². The van der Waals surface area contributed by atoms with Gasteiger partial charge in [-0.2, -0.15) is 13.2 Å². The maximum Gasteiger partial charge on any atom is 0.393 e. The van der Waals surface area contributed by atoms with Crippen molar-refractivity contribution in [1.29, 1.82) is 0 Å². The standard InChI is InChI=1S/C11H19F3N2O2/c1-18-7-4-10(17)16-5-2-8(11(12,13)14)9(15)3-6-16/h8-9H,2-7,15H2,1H3. The summed E-state index contributed by atoms with van der Waals surface area (Å²) >= 11 is 0. The number of methoxy groups -OCH3 is 1. The summed E-state index contributed by atoms with van der Waals surface area (Å²) in [6.07, 6.45) is -4.03. The Hall–Kier alpha value is -0.820. The van der Waals surface area contributed by atoms with E-state index in [1.807, 2.05) is 0 Å². The van der Waals surface area contributed by atoms with Crippen LogP contribution in [0.3, 0.4) is 0 Å². The lowest BCUT2D eigenvalue weighted by molar-refractivity contribution is -0.181. The van der Waals surface area contributed by atoms with Crippen molar-refractivity contribution < 1.29 is 22.7 Å². The van der Waals surface area contributed by atoms with E-state index in [0.29, 0.717) is 0 Å². The predicted octanol–water partition coefficient (Wildman–Crippen LogP) is 1.15. The molecule has 0 aromatic carbocycles. The van der Waals surface area contributed by atoms with Gasteiger partial charge in [0, 0.05) is 26.2 Å². The Morgan fingerprint density at radius 2 is 2.00 bits per heavy atom. The van der Waals surface area contributed by atoms with Gasteiger partial charge in [0.15, 0.2) is 0 Å². The molecule has 7 heteroatoms. The van der Waals surface area contributed by atoms with Gasteiger partial charge in [-0.05, 0) is 12.8 Å². The van der Waals surface area contributed by atoms with Gasteiger partial charge in [-0.3, -0.25) is 4.79 Å². The Morgan fingerprint density at radius 1 is 1.39 bits per heavy atom. The summed E-state index contributed by atoms with van der Waals surface area (Å²) in [7, 11) is 1.48. The number of nitrogens with zero attached hydrogens (tertiary/aromatic N) is 1. The average Bonchev–Trinajstić information content (AvgIpc) is 2.47. The number of alkyl halides is 3. The van der Waals surface area contributed by atoms with Crippen molar-refractivity contribution in [1.82, 2.24) is 4.90 Å². The molecule has 1 fully saturated rings. The normalized spacial score (nSPS) is 25.9. The van der Waals surface area contributed by atoms with Crippen LogP contribution < -0.4 is 5.73 Å². The molecule has 1 saturated heterocycles. The summed E-state index contributed by atoms with van der Waals surface area (Å²) in [6.45, 7) is 0.681. The van der Waals surface area contributed by atoms with E-state index in [0.717, 1.165) is 0 Å². The van der Waals surface area contributed by atoms with Gasteiger partial charge >= 0.3 is 6.18 Å². The molecule has 0 bridgehead atoms. The molecule has 4 nitrogen and oxygen atoms in total. The molecule has 1 heterocycles. The van der Waals surface area contributed by atoms with Crippen LogP contribution >= 0.6 is 0 Å². The highest BCUT2D eigenvalue weighted by Crippen LogP contribution is 2.33. The van der Waals surface area contributed by atoms with E-state index >= 15 is 0 Å². The fourth-order valence-corrected chi connectivity index (χ4v) is 2.13. The molecule has 2 atom stereocenters. The number of carbonyl (C=O) groups is 1. The Kier molecular flexibility index (Phi) is 5.40. The van der Waals surface area contributed by atoms with Gasteiger partial charge in [0.25, 0.3) is 0 Å². The van der Waals surface area contributed by atoms with E-state index in [9.17, 15) is 18.0 Å². The molecule has 2 unspecified atom stereocenters. The largest absolute Gasteiger partial charge is 0.393 e. The van der Waals surface area contributed by atoms with E-state index in [1.165, 1.54) is 12.0 Å². The number of carbonyl (C=O) groups excluding carboxylic acids is 1. The molecule has 1 amide bonds. The lowest BCUT2D eigenvalue weighted by Crippen LogP contribution is -2.39. The van der Waals surface area contributed by atoms with Crippen molar-refractivity contribution in [3.05, 3.63) is 0 Å². The number of likely N-dealkylation sites (tertiary alicyclic amines) is 1. The lowest BCUT2D eigenvalue weighted by Gasteiger charge is -2.23. The first-order valence-corrected chi connectivity index (χ1v) is 5.95. The van der Waals surface area contributed by atoms with Crippen LogP contribution in [0, 0.1) is 5.92 Å². The van der Waals surface area contributed by atoms with E-state index in [4.69, 9.17) is 10.5 Å². The highest BCUT2D eigenvalue weighted by Gasteiger charge is 2.44. The zero-order chi connectivity index (χ0) is 13.8. The third-order valence-electron chi connectivity index (χ3n) is 3.25. The second-order valence-electron chi connectivity index (χ2n) is 4.51. The number of hydrogen-bond donors (Lipinski definition) is 1. The second kappa shape index (κ2) is 6.38. The number of nitrogens with two attached hydrogens (primary N) is 1. The summed E-state index contributed by atoms with van der Waals surface area (Å²) in [5.74, 6) is -1.69. The van der Waals surface area contributed by atoms with Crippen molar-refractivity contribution in [3.8, 4) is 0 Å². The monoisotopic (exact) mass is 268 g/mol. The first-order valence-electron chi connectivity index (χ1n) is 5.95. The van der Waals surface area contributed by atoms with Gasteiger partial charge in [-0.1, -0.05) is 0 Å². The topological polar surface area (TPSA) is 55.6 Å². The maximum absolute atomic E-state index is 12.7. The fourth-order valence-electron chi connectivity index (χ4n) is 2.13. The van der Waals surface area contributed by atoms with Crippen molar-refractivity contribution in [2.75, 3.05) is 26.8 Å². The van der Waals surface area contributed by atoms with E-state index < -0.39 is 18.1 Å². The molecular formula is C11H19F3N2O2. The average molecular weight is 268 g/mol. The SMILES string of the molecule is COCCC(=O)N1CCC(N)C(C(F)(F)F)CC1. The molecule has 2 N–H and O–H groups in total. The highest BCUT2D eigenvalue weighted by molar-refractivity contribution is 5.76. The van der Waals surface area contributed by atoms with Gasteiger partial charge in [0.2, 0.25) is 5.91 Å². The first kappa shape index (κ1) is 15.2. The van der Waals surface area contributed by atoms with Gasteiger partial charge < -0.3 is 15.4 Å². The molecule has 18 heavy (non-hydrogen) atoms. The fraction of sp³-hybridized carbons (Fsp3) is 0.909. The van der Waals surface area contributed by atoms with Crippen molar-refractivity contribution in [2.24, 2.45) is 11.7 Å². The smallest absolute Gasteiger partial charge is 0.384 e. The van der Waals surface area contributed by atoms with Crippen LogP contribution in [-0.2, 0) is 9.53 Å². The summed E-state index contributed by atoms with van der Waals surface area (Å²) in [5, 5.41) is 0. The van der Waals surface area contributed by atoms with Gasteiger partial charge in [0.1, 0.15) is 0 Å². The molecule has 0 aliphatic carbocycles. The Labute approximate surface area is 104 Å². The van der Waals surface area contributed by atoms with Crippen molar-refractivity contribution >= 4 is 5.91 Å². The number of halogens is 3. The van der Waals surface area contributed by atoms with Crippen LogP contribution in [0.1, 0.15) is 19.3 Å². The van der Waals surface area contributed by atoms with Crippen LogP contribution in [0.2, 0.25) is 0 Å². The Bertz CT molecular complexity index is 284. The molecule has 1 rings (SSSR count). The van der Waals surface area contributed by atoms with Gasteiger partial charge in [-0.15, -0.1) is 0 Å². The van der Waals surface area contributed by atoms with Crippen LogP contribution in [0.5, 0.6) is 0 Å². The van der Waals surface area contributed by atoms with Crippen LogP contribution in [0.15, 0.2) is 0 Å². The predicted molar refractivity (Wildman–Crippen MR) is 59.8 cm³/mol. The van der Waals surface area contributed by atoms with Crippen molar-refractivity contribution in [2.45, 2.75) is 31.5 Å². The quantitative estimate of drug-likeness (QED) is 0.835. The van der Waals surface area contributed by atoms with Crippen LogP contribution in [-0.4, -0.2) is 49.8 Å². The summed E-state index contributed by atoms with van der Waals surface area (Å²) < 4.78 is 42.9. The van der Waals surface area contributed by atoms with Crippen molar-refractivity contribution in [3.63, 3.8) is 0 Å². The number of amides is 1. The van der Waals surface area contributed by atoms with E-state index in [2.05, 4.69) is 0 Å². The van der Waals surface area contributed by atoms with Gasteiger partial charge in [0.05, 0.1) is 18.9 Å². The molecule has 0 aromatic rings. The molecule has 0 aromatic heterocycles. The minimum Gasteiger partial charge on any atom is -0.384 e. The molecule has 1 aliphatic rings. The van der Waals surface area contributed by atoms with E-state index in [1.54, 1.807) is 0 Å².